The van der Waals surface area contributed by atoms with Crippen LogP contribution in [0.2, 0.25) is 0 Å². The molecule has 124 valence electrons. The van der Waals surface area contributed by atoms with E-state index < -0.39 is 0 Å². The first-order chi connectivity index (χ1) is 11.6. The highest BCUT2D eigenvalue weighted by Gasteiger charge is 2.05. The molecule has 0 fully saturated rings. The summed E-state index contributed by atoms with van der Waals surface area (Å²) in [7, 11) is 0. The van der Waals surface area contributed by atoms with E-state index in [-0.39, 0.29) is 11.6 Å². The van der Waals surface area contributed by atoms with Gasteiger partial charge in [-0.05, 0) is 48.6 Å². The van der Waals surface area contributed by atoms with E-state index in [1.165, 1.54) is 11.1 Å². The molecule has 0 spiro atoms. The van der Waals surface area contributed by atoms with Gasteiger partial charge in [0.25, 0.3) is 0 Å². The Morgan fingerprint density at radius 3 is 2.67 bits per heavy atom. The van der Waals surface area contributed by atoms with Gasteiger partial charge < -0.3 is 15.3 Å². The number of benzene rings is 2. The van der Waals surface area contributed by atoms with Crippen molar-refractivity contribution < 1.29 is 4.79 Å². The van der Waals surface area contributed by atoms with Crippen molar-refractivity contribution in [3.8, 4) is 0 Å². The minimum atomic E-state index is -0.202. The van der Waals surface area contributed by atoms with Crippen LogP contribution < -0.4 is 11.0 Å². The smallest absolute Gasteiger partial charge is 0.323 e. The Morgan fingerprint density at radius 1 is 1.04 bits per heavy atom. The summed E-state index contributed by atoms with van der Waals surface area (Å²) in [6.45, 7) is 2.65. The summed E-state index contributed by atoms with van der Waals surface area (Å²) in [5, 5.41) is 2.96. The molecule has 3 rings (SSSR count). The van der Waals surface area contributed by atoms with Gasteiger partial charge in [-0.25, -0.2) is 4.79 Å². The molecule has 2 aromatic carbocycles. The minimum Gasteiger partial charge on any atom is -0.356 e. The predicted molar refractivity (Wildman–Crippen MR) is 95.1 cm³/mol. The summed E-state index contributed by atoms with van der Waals surface area (Å²) in [6.07, 6.45) is 1.99. The van der Waals surface area contributed by atoms with Crippen molar-refractivity contribution in [1.29, 1.82) is 0 Å². The third-order valence-corrected chi connectivity index (χ3v) is 4.20. The van der Waals surface area contributed by atoms with Crippen molar-refractivity contribution in [2.24, 2.45) is 0 Å². The van der Waals surface area contributed by atoms with Gasteiger partial charge in [-0.2, -0.15) is 0 Å². The zero-order chi connectivity index (χ0) is 16.9. The highest BCUT2D eigenvalue weighted by molar-refractivity contribution is 5.76. The molecule has 1 amide bonds. The number of carbonyl (C=O) groups is 1. The number of H-pyrrole nitrogens is 2. The van der Waals surface area contributed by atoms with Crippen LogP contribution in [-0.2, 0) is 17.6 Å². The molecular weight excluding hydrogens is 302 g/mol. The lowest BCUT2D eigenvalue weighted by Crippen LogP contribution is -2.25. The number of rotatable bonds is 6. The molecular formula is C19H21N3O2. The Hall–Kier alpha value is -2.82. The van der Waals surface area contributed by atoms with Crippen LogP contribution in [-0.4, -0.2) is 22.4 Å². The maximum Gasteiger partial charge on any atom is 0.323 e. The first kappa shape index (κ1) is 16.1. The van der Waals surface area contributed by atoms with Crippen molar-refractivity contribution in [3.63, 3.8) is 0 Å². The molecule has 0 atom stereocenters. The summed E-state index contributed by atoms with van der Waals surface area (Å²) in [5.74, 6) is 0.0642. The van der Waals surface area contributed by atoms with E-state index in [0.717, 1.165) is 29.4 Å². The number of aromatic nitrogens is 2. The van der Waals surface area contributed by atoms with Crippen molar-refractivity contribution >= 4 is 16.9 Å². The van der Waals surface area contributed by atoms with Crippen molar-refractivity contribution in [1.82, 2.24) is 15.3 Å². The van der Waals surface area contributed by atoms with Crippen LogP contribution in [0.4, 0.5) is 0 Å². The van der Waals surface area contributed by atoms with Crippen molar-refractivity contribution in [2.75, 3.05) is 6.54 Å². The zero-order valence-electron chi connectivity index (χ0n) is 13.7. The fraction of sp³-hybridized carbons (Fsp3) is 0.263. The molecule has 3 N–H and O–H groups in total. The zero-order valence-corrected chi connectivity index (χ0v) is 13.7. The lowest BCUT2D eigenvalue weighted by atomic mass is 10.0. The summed E-state index contributed by atoms with van der Waals surface area (Å²) in [5.41, 5.74) is 4.91. The van der Waals surface area contributed by atoms with E-state index in [1.807, 2.05) is 30.3 Å². The second-order valence-corrected chi connectivity index (χ2v) is 5.99. The Morgan fingerprint density at radius 2 is 1.83 bits per heavy atom. The maximum atomic E-state index is 12.0. The second-order valence-electron chi connectivity index (χ2n) is 5.99. The number of carbonyl (C=O) groups excluding carboxylic acids is 1. The molecule has 0 saturated carbocycles. The predicted octanol–water partition coefficient (Wildman–Crippen LogP) is 2.46. The first-order valence-electron chi connectivity index (χ1n) is 8.14. The molecule has 0 radical (unpaired) electrons. The standard InChI is InChI=1S/C19H21N3O2/c1-13-4-2-3-5-15(13)7-9-18(23)20-11-10-14-6-8-16-17(12-14)22-19(24)21-16/h2-6,8,12H,7,9-11H2,1H3,(H,20,23)(H2,21,22,24). The number of amides is 1. The third kappa shape index (κ3) is 3.93. The van der Waals surface area contributed by atoms with E-state index in [4.69, 9.17) is 0 Å². The molecule has 1 aromatic heterocycles. The molecule has 0 aliphatic heterocycles. The largest absolute Gasteiger partial charge is 0.356 e. The molecule has 0 aliphatic rings. The van der Waals surface area contributed by atoms with Crippen LogP contribution in [0.3, 0.4) is 0 Å². The van der Waals surface area contributed by atoms with Crippen LogP contribution in [0.25, 0.3) is 11.0 Å². The monoisotopic (exact) mass is 323 g/mol. The average molecular weight is 323 g/mol. The van der Waals surface area contributed by atoms with E-state index in [9.17, 15) is 9.59 Å². The highest BCUT2D eigenvalue weighted by atomic mass is 16.1. The van der Waals surface area contributed by atoms with Gasteiger partial charge in [-0.15, -0.1) is 0 Å². The molecule has 0 saturated heterocycles. The third-order valence-electron chi connectivity index (χ3n) is 4.20. The lowest BCUT2D eigenvalue weighted by molar-refractivity contribution is -0.121. The molecule has 0 unspecified atom stereocenters. The maximum absolute atomic E-state index is 12.0. The number of imidazole rings is 1. The number of aryl methyl sites for hydroxylation is 2. The van der Waals surface area contributed by atoms with Crippen LogP contribution >= 0.6 is 0 Å². The SMILES string of the molecule is Cc1ccccc1CCC(=O)NCCc1ccc2[nH]c(=O)[nH]c2c1. The Bertz CT molecular complexity index is 908. The Kier molecular flexibility index (Phi) is 4.79. The van der Waals surface area contributed by atoms with Gasteiger partial charge in [0.15, 0.2) is 0 Å². The minimum absolute atomic E-state index is 0.0642. The molecule has 0 aliphatic carbocycles. The van der Waals surface area contributed by atoms with Gasteiger partial charge in [0.1, 0.15) is 0 Å². The Labute approximate surface area is 140 Å². The summed E-state index contributed by atoms with van der Waals surface area (Å²) < 4.78 is 0. The molecule has 1 heterocycles. The Balaban J connectivity index is 1.47. The summed E-state index contributed by atoms with van der Waals surface area (Å²) >= 11 is 0. The van der Waals surface area contributed by atoms with Gasteiger partial charge >= 0.3 is 5.69 Å². The fourth-order valence-electron chi connectivity index (χ4n) is 2.81. The van der Waals surface area contributed by atoms with E-state index in [2.05, 4.69) is 34.3 Å². The van der Waals surface area contributed by atoms with E-state index in [1.54, 1.807) is 0 Å². The van der Waals surface area contributed by atoms with Crippen LogP contribution in [0.5, 0.6) is 0 Å². The molecule has 5 nitrogen and oxygen atoms in total. The molecule has 3 aromatic rings. The quantitative estimate of drug-likeness (QED) is 0.651. The molecule has 0 bridgehead atoms. The van der Waals surface area contributed by atoms with Gasteiger partial charge in [-0.3, -0.25) is 4.79 Å². The van der Waals surface area contributed by atoms with E-state index in [0.29, 0.717) is 13.0 Å². The number of aromatic amines is 2. The number of nitrogens with one attached hydrogen (secondary N) is 3. The van der Waals surface area contributed by atoms with Gasteiger partial charge in [-0.1, -0.05) is 30.3 Å². The van der Waals surface area contributed by atoms with Gasteiger partial charge in [0.2, 0.25) is 5.91 Å². The fourth-order valence-corrected chi connectivity index (χ4v) is 2.81. The second kappa shape index (κ2) is 7.17. The van der Waals surface area contributed by atoms with E-state index >= 15 is 0 Å². The lowest BCUT2D eigenvalue weighted by Gasteiger charge is -2.07. The van der Waals surface area contributed by atoms with Crippen molar-refractivity contribution in [2.45, 2.75) is 26.2 Å². The van der Waals surface area contributed by atoms with Gasteiger partial charge in [0, 0.05) is 13.0 Å². The highest BCUT2D eigenvalue weighted by Crippen LogP contribution is 2.11. The summed E-state index contributed by atoms with van der Waals surface area (Å²) in [4.78, 5) is 28.7. The average Bonchev–Trinajstić information content (AvgIpc) is 2.93. The van der Waals surface area contributed by atoms with Crippen LogP contribution in [0.15, 0.2) is 47.3 Å². The van der Waals surface area contributed by atoms with Gasteiger partial charge in [0.05, 0.1) is 11.0 Å². The first-order valence-corrected chi connectivity index (χ1v) is 8.14. The number of hydrogen-bond acceptors (Lipinski definition) is 2. The van der Waals surface area contributed by atoms with Crippen molar-refractivity contribution in [3.05, 3.63) is 69.6 Å². The van der Waals surface area contributed by atoms with Crippen LogP contribution in [0.1, 0.15) is 23.1 Å². The topological polar surface area (TPSA) is 77.8 Å². The summed E-state index contributed by atoms with van der Waals surface area (Å²) in [6, 6.07) is 13.9. The normalized spacial score (nSPS) is 10.9. The van der Waals surface area contributed by atoms with Crippen LogP contribution in [0, 0.1) is 6.92 Å². The molecule has 5 heteroatoms. The molecule has 24 heavy (non-hydrogen) atoms. The number of hydrogen-bond donors (Lipinski definition) is 3. The number of fused-ring (bicyclic) bond motifs is 1.